The minimum Gasteiger partial charge on any atom is -0.480 e. The van der Waals surface area contributed by atoms with E-state index >= 15 is 0 Å². The van der Waals surface area contributed by atoms with Crippen molar-refractivity contribution < 1.29 is 29.1 Å². The number of likely N-dealkylation sites (tertiary alicyclic amines) is 1. The second-order valence-electron chi connectivity index (χ2n) is 4.35. The largest absolute Gasteiger partial charge is 0.480 e. The number of β-amino-alcohol motifs (C(OH)–C–C–N with tert-alkyl or cyclic N) is 1. The number of amides is 1. The van der Waals surface area contributed by atoms with Gasteiger partial charge in [-0.1, -0.05) is 0 Å². The van der Waals surface area contributed by atoms with Gasteiger partial charge >= 0.3 is 5.97 Å². The van der Waals surface area contributed by atoms with Crippen molar-refractivity contribution in [1.29, 1.82) is 0 Å². The van der Waals surface area contributed by atoms with Crippen molar-refractivity contribution in [2.45, 2.75) is 25.5 Å². The van der Waals surface area contributed by atoms with Gasteiger partial charge in [-0.3, -0.25) is 4.79 Å². The van der Waals surface area contributed by atoms with Crippen LogP contribution in [-0.4, -0.2) is 57.4 Å². The highest BCUT2D eigenvalue weighted by Gasteiger charge is 2.38. The van der Waals surface area contributed by atoms with Gasteiger partial charge in [0.2, 0.25) is 0 Å². The summed E-state index contributed by atoms with van der Waals surface area (Å²) >= 11 is 0. The Labute approximate surface area is 108 Å². The van der Waals surface area contributed by atoms with Crippen molar-refractivity contribution in [2.24, 2.45) is 0 Å². The lowest BCUT2D eigenvalue weighted by Crippen LogP contribution is -2.42. The molecular formula is C11H14N2O6. The van der Waals surface area contributed by atoms with Gasteiger partial charge in [-0.05, 0) is 12.1 Å². The van der Waals surface area contributed by atoms with Crippen molar-refractivity contribution in [2.75, 3.05) is 13.2 Å². The van der Waals surface area contributed by atoms with Crippen molar-refractivity contribution >= 4 is 11.9 Å². The molecule has 0 aliphatic carbocycles. The van der Waals surface area contributed by atoms with Gasteiger partial charge in [0, 0.05) is 19.0 Å². The van der Waals surface area contributed by atoms with Crippen LogP contribution in [-0.2, 0) is 9.59 Å². The van der Waals surface area contributed by atoms with E-state index in [4.69, 9.17) is 14.4 Å². The Morgan fingerprint density at radius 3 is 2.95 bits per heavy atom. The Hall–Kier alpha value is -2.09. The van der Waals surface area contributed by atoms with Crippen LogP contribution in [0.5, 0.6) is 5.88 Å². The maximum absolute atomic E-state index is 11.9. The lowest BCUT2D eigenvalue weighted by molar-refractivity contribution is -0.149. The molecule has 1 fully saturated rings. The van der Waals surface area contributed by atoms with Crippen LogP contribution in [0.2, 0.25) is 0 Å². The lowest BCUT2D eigenvalue weighted by atomic mass is 10.2. The topological polar surface area (TPSA) is 113 Å². The quantitative estimate of drug-likeness (QED) is 0.751. The van der Waals surface area contributed by atoms with Gasteiger partial charge in [0.05, 0.1) is 6.10 Å². The summed E-state index contributed by atoms with van der Waals surface area (Å²) < 4.78 is 9.86. The first-order valence-corrected chi connectivity index (χ1v) is 5.74. The van der Waals surface area contributed by atoms with E-state index in [0.29, 0.717) is 5.76 Å². The number of rotatable bonds is 4. The summed E-state index contributed by atoms with van der Waals surface area (Å²) in [6, 6.07) is 0.506. The summed E-state index contributed by atoms with van der Waals surface area (Å²) in [7, 11) is 0. The van der Waals surface area contributed by atoms with Gasteiger partial charge < -0.3 is 24.4 Å². The van der Waals surface area contributed by atoms with E-state index in [0.717, 1.165) is 4.90 Å². The van der Waals surface area contributed by atoms with E-state index in [9.17, 15) is 14.7 Å². The van der Waals surface area contributed by atoms with Crippen LogP contribution in [0.3, 0.4) is 0 Å². The molecule has 0 unspecified atom stereocenters. The van der Waals surface area contributed by atoms with Crippen LogP contribution in [0.25, 0.3) is 0 Å². The summed E-state index contributed by atoms with van der Waals surface area (Å²) in [4.78, 5) is 23.9. The minimum atomic E-state index is -1.14. The number of carbonyl (C=O) groups excluding carboxylic acids is 1. The highest BCUT2D eigenvalue weighted by molar-refractivity contribution is 5.85. The van der Waals surface area contributed by atoms with E-state index < -0.39 is 24.0 Å². The number of aliphatic hydroxyl groups excluding tert-OH is 1. The Bertz CT molecular complexity index is 485. The Kier molecular flexibility index (Phi) is 3.70. The highest BCUT2D eigenvalue weighted by atomic mass is 16.5. The van der Waals surface area contributed by atoms with Gasteiger partial charge in [0.25, 0.3) is 11.8 Å². The Balaban J connectivity index is 1.93. The van der Waals surface area contributed by atoms with Crippen molar-refractivity contribution in [3.05, 3.63) is 11.8 Å². The number of aromatic nitrogens is 1. The first-order chi connectivity index (χ1) is 8.97. The third kappa shape index (κ3) is 3.02. The predicted octanol–water partition coefficient (Wildman–Crippen LogP) is -0.592. The van der Waals surface area contributed by atoms with Crippen LogP contribution in [0.1, 0.15) is 12.2 Å². The van der Waals surface area contributed by atoms with Gasteiger partial charge in [-0.2, -0.15) is 0 Å². The average Bonchev–Trinajstić information content (AvgIpc) is 2.92. The standard InChI is InChI=1S/C11H14N2O6/c1-6-2-9(12-19-6)18-5-10(15)13-4-7(14)3-8(13)11(16)17/h2,7-8,14H,3-5H2,1H3,(H,16,17)/t7-,8+/m1/s1. The van der Waals surface area contributed by atoms with Crippen LogP contribution in [0.15, 0.2) is 10.6 Å². The first-order valence-electron chi connectivity index (χ1n) is 5.74. The normalized spacial score (nSPS) is 22.5. The molecule has 0 bridgehead atoms. The number of aliphatic carboxylic acids is 1. The summed E-state index contributed by atoms with van der Waals surface area (Å²) in [5.41, 5.74) is 0. The minimum absolute atomic E-state index is 0.00297. The van der Waals surface area contributed by atoms with E-state index in [-0.39, 0.29) is 25.5 Å². The molecule has 2 N–H and O–H groups in total. The van der Waals surface area contributed by atoms with Crippen LogP contribution in [0, 0.1) is 6.92 Å². The Morgan fingerprint density at radius 1 is 1.63 bits per heavy atom. The molecule has 0 saturated carbocycles. The van der Waals surface area contributed by atoms with Crippen molar-refractivity contribution in [1.82, 2.24) is 10.1 Å². The second kappa shape index (κ2) is 5.27. The predicted molar refractivity (Wildman–Crippen MR) is 60.5 cm³/mol. The van der Waals surface area contributed by atoms with E-state index in [1.807, 2.05) is 0 Å². The molecule has 104 valence electrons. The van der Waals surface area contributed by atoms with Gasteiger partial charge in [-0.15, -0.1) is 0 Å². The maximum Gasteiger partial charge on any atom is 0.326 e. The fraction of sp³-hybridized carbons (Fsp3) is 0.545. The smallest absolute Gasteiger partial charge is 0.326 e. The summed E-state index contributed by atoms with van der Waals surface area (Å²) in [6.45, 7) is 1.33. The maximum atomic E-state index is 11.9. The molecule has 1 aromatic rings. The highest BCUT2D eigenvalue weighted by Crippen LogP contribution is 2.18. The molecule has 2 rings (SSSR count). The molecule has 0 spiro atoms. The number of carbonyl (C=O) groups is 2. The molecule has 8 heteroatoms. The van der Waals surface area contributed by atoms with Gasteiger partial charge in [-0.25, -0.2) is 4.79 Å². The SMILES string of the molecule is Cc1cc(OCC(=O)N2C[C@H](O)C[C@H]2C(=O)O)no1. The number of aryl methyl sites for hydroxylation is 1. The molecule has 19 heavy (non-hydrogen) atoms. The van der Waals surface area contributed by atoms with Gasteiger partial charge in [0.1, 0.15) is 11.8 Å². The molecule has 2 atom stereocenters. The van der Waals surface area contributed by atoms with Crippen molar-refractivity contribution in [3.8, 4) is 5.88 Å². The van der Waals surface area contributed by atoms with E-state index in [1.54, 1.807) is 6.92 Å². The summed E-state index contributed by atoms with van der Waals surface area (Å²) in [5.74, 6) is -0.938. The number of hydrogen-bond donors (Lipinski definition) is 2. The lowest BCUT2D eigenvalue weighted by Gasteiger charge is -2.20. The van der Waals surface area contributed by atoms with Crippen LogP contribution < -0.4 is 4.74 Å². The Morgan fingerprint density at radius 2 is 2.37 bits per heavy atom. The molecule has 0 aromatic carbocycles. The average molecular weight is 270 g/mol. The van der Waals surface area contributed by atoms with E-state index in [2.05, 4.69) is 5.16 Å². The summed E-state index contributed by atoms with van der Waals surface area (Å²) in [6.07, 6.45) is -0.788. The fourth-order valence-corrected chi connectivity index (χ4v) is 1.95. The molecule has 1 aliphatic rings. The third-order valence-corrected chi connectivity index (χ3v) is 2.83. The molecule has 8 nitrogen and oxygen atoms in total. The van der Waals surface area contributed by atoms with Gasteiger partial charge in [0.15, 0.2) is 6.61 Å². The molecule has 1 saturated heterocycles. The molecule has 1 aromatic heterocycles. The molecule has 1 aliphatic heterocycles. The molecule has 1 amide bonds. The number of ether oxygens (including phenoxy) is 1. The molecule has 2 heterocycles. The number of hydrogen-bond acceptors (Lipinski definition) is 6. The zero-order valence-corrected chi connectivity index (χ0v) is 10.3. The first kappa shape index (κ1) is 13.3. The number of carboxylic acids is 1. The van der Waals surface area contributed by atoms with E-state index in [1.165, 1.54) is 6.07 Å². The monoisotopic (exact) mass is 270 g/mol. The summed E-state index contributed by atoms with van der Waals surface area (Å²) in [5, 5.41) is 21.9. The van der Waals surface area contributed by atoms with Crippen molar-refractivity contribution in [3.63, 3.8) is 0 Å². The fourth-order valence-electron chi connectivity index (χ4n) is 1.95. The third-order valence-electron chi connectivity index (χ3n) is 2.83. The molecule has 0 radical (unpaired) electrons. The number of nitrogens with zero attached hydrogens (tertiary/aromatic N) is 2. The number of aliphatic hydroxyl groups is 1. The molecular weight excluding hydrogens is 256 g/mol. The zero-order chi connectivity index (χ0) is 14.0. The number of carboxylic acid groups (broad SMARTS) is 1. The second-order valence-corrected chi connectivity index (χ2v) is 4.35. The van der Waals surface area contributed by atoms with Crippen LogP contribution >= 0.6 is 0 Å². The van der Waals surface area contributed by atoms with Crippen LogP contribution in [0.4, 0.5) is 0 Å². The zero-order valence-electron chi connectivity index (χ0n) is 10.3.